The molecular formula is C22H27N3OS. The van der Waals surface area contributed by atoms with E-state index in [1.54, 1.807) is 18.4 Å². The minimum Gasteiger partial charge on any atom is -0.497 e. The summed E-state index contributed by atoms with van der Waals surface area (Å²) < 4.78 is 7.54. The SMILES string of the molecule is COc1ccc(-c2nc(Cn3cccc3CNC3CCCCC3)cs2)cc1. The van der Waals surface area contributed by atoms with Crippen LogP contribution in [-0.2, 0) is 13.1 Å². The predicted octanol–water partition coefficient (Wildman–Crippen LogP) is 5.09. The topological polar surface area (TPSA) is 39.1 Å². The number of rotatable bonds is 7. The Kier molecular flexibility index (Phi) is 5.90. The van der Waals surface area contributed by atoms with Crippen LogP contribution in [0, 0.1) is 0 Å². The number of hydrogen-bond donors (Lipinski definition) is 1. The molecular weight excluding hydrogens is 354 g/mol. The molecule has 4 rings (SSSR count). The Morgan fingerprint density at radius 3 is 2.74 bits per heavy atom. The van der Waals surface area contributed by atoms with Crippen molar-refractivity contribution in [3.8, 4) is 16.3 Å². The summed E-state index contributed by atoms with van der Waals surface area (Å²) in [5.41, 5.74) is 3.58. The van der Waals surface area contributed by atoms with Gasteiger partial charge in [0.25, 0.3) is 0 Å². The van der Waals surface area contributed by atoms with Gasteiger partial charge in [0.1, 0.15) is 10.8 Å². The highest BCUT2D eigenvalue weighted by Gasteiger charge is 2.13. The highest BCUT2D eigenvalue weighted by molar-refractivity contribution is 7.13. The second kappa shape index (κ2) is 8.72. The molecule has 0 atom stereocenters. The highest BCUT2D eigenvalue weighted by Crippen LogP contribution is 2.26. The van der Waals surface area contributed by atoms with Gasteiger partial charge in [-0.3, -0.25) is 0 Å². The van der Waals surface area contributed by atoms with Crippen molar-refractivity contribution in [2.75, 3.05) is 7.11 Å². The zero-order valence-electron chi connectivity index (χ0n) is 15.9. The summed E-state index contributed by atoms with van der Waals surface area (Å²) in [6, 6.07) is 13.1. The first kappa shape index (κ1) is 18.3. The number of benzene rings is 1. The van der Waals surface area contributed by atoms with Crippen LogP contribution < -0.4 is 10.1 Å². The van der Waals surface area contributed by atoms with Crippen LogP contribution in [0.2, 0.25) is 0 Å². The van der Waals surface area contributed by atoms with Crippen molar-refractivity contribution >= 4 is 11.3 Å². The van der Waals surface area contributed by atoms with Gasteiger partial charge in [-0.25, -0.2) is 4.98 Å². The van der Waals surface area contributed by atoms with Gasteiger partial charge in [-0.05, 0) is 49.2 Å². The van der Waals surface area contributed by atoms with E-state index in [9.17, 15) is 0 Å². The number of nitrogens with zero attached hydrogens (tertiary/aromatic N) is 2. The second-order valence-electron chi connectivity index (χ2n) is 7.22. The summed E-state index contributed by atoms with van der Waals surface area (Å²) in [5, 5.41) is 6.96. The Bertz CT molecular complexity index is 847. The van der Waals surface area contributed by atoms with E-state index in [2.05, 4.69) is 45.7 Å². The standard InChI is InChI=1S/C22H27N3OS/c1-26-21-11-9-17(10-12-21)22-24-19(16-27-22)15-25-13-5-8-20(25)14-23-18-6-3-2-4-7-18/h5,8-13,16,18,23H,2-4,6-7,14-15H2,1H3. The number of ether oxygens (including phenoxy) is 1. The molecule has 0 amide bonds. The highest BCUT2D eigenvalue weighted by atomic mass is 32.1. The largest absolute Gasteiger partial charge is 0.497 e. The zero-order valence-corrected chi connectivity index (χ0v) is 16.7. The fraction of sp³-hybridized carbons (Fsp3) is 0.409. The number of aromatic nitrogens is 2. The summed E-state index contributed by atoms with van der Waals surface area (Å²) >= 11 is 1.70. The lowest BCUT2D eigenvalue weighted by Gasteiger charge is -2.23. The van der Waals surface area contributed by atoms with Crippen LogP contribution in [-0.4, -0.2) is 22.7 Å². The maximum atomic E-state index is 5.23. The first-order valence-corrected chi connectivity index (χ1v) is 10.7. The van der Waals surface area contributed by atoms with E-state index in [1.807, 2.05) is 12.1 Å². The Balaban J connectivity index is 1.39. The van der Waals surface area contributed by atoms with Gasteiger partial charge in [0.15, 0.2) is 0 Å². The Morgan fingerprint density at radius 2 is 1.96 bits per heavy atom. The molecule has 1 N–H and O–H groups in total. The lowest BCUT2D eigenvalue weighted by molar-refractivity contribution is 0.369. The number of nitrogens with one attached hydrogen (secondary N) is 1. The molecule has 5 heteroatoms. The minimum atomic E-state index is 0.683. The Hall–Kier alpha value is -2.11. The zero-order chi connectivity index (χ0) is 18.5. The van der Waals surface area contributed by atoms with Crippen LogP contribution in [0.3, 0.4) is 0 Å². The number of hydrogen-bond acceptors (Lipinski definition) is 4. The molecule has 4 nitrogen and oxygen atoms in total. The molecule has 2 aromatic heterocycles. The molecule has 2 heterocycles. The predicted molar refractivity (Wildman–Crippen MR) is 111 cm³/mol. The van der Waals surface area contributed by atoms with Crippen LogP contribution in [0.5, 0.6) is 5.75 Å². The fourth-order valence-electron chi connectivity index (χ4n) is 3.74. The lowest BCUT2D eigenvalue weighted by Crippen LogP contribution is -2.31. The normalized spacial score (nSPS) is 15.1. The van der Waals surface area contributed by atoms with Gasteiger partial charge in [0.2, 0.25) is 0 Å². The third-order valence-electron chi connectivity index (χ3n) is 5.32. The fourth-order valence-corrected chi connectivity index (χ4v) is 4.56. The summed E-state index contributed by atoms with van der Waals surface area (Å²) in [4.78, 5) is 4.84. The molecule has 0 aliphatic heterocycles. The van der Waals surface area contributed by atoms with Crippen molar-refractivity contribution in [2.45, 2.75) is 51.2 Å². The van der Waals surface area contributed by atoms with E-state index in [0.717, 1.165) is 35.1 Å². The Morgan fingerprint density at radius 1 is 1.15 bits per heavy atom. The molecule has 0 radical (unpaired) electrons. The number of methoxy groups -OCH3 is 1. The van der Waals surface area contributed by atoms with Crippen LogP contribution in [0.1, 0.15) is 43.5 Å². The van der Waals surface area contributed by atoms with Gasteiger partial charge in [0.05, 0.1) is 19.3 Å². The van der Waals surface area contributed by atoms with E-state index in [4.69, 9.17) is 9.72 Å². The second-order valence-corrected chi connectivity index (χ2v) is 8.07. The van der Waals surface area contributed by atoms with E-state index >= 15 is 0 Å². The summed E-state index contributed by atoms with van der Waals surface area (Å²) in [6.07, 6.45) is 8.92. The Labute approximate surface area is 165 Å². The summed E-state index contributed by atoms with van der Waals surface area (Å²) in [6.45, 7) is 1.76. The molecule has 27 heavy (non-hydrogen) atoms. The molecule has 3 aromatic rings. The van der Waals surface area contributed by atoms with E-state index in [-0.39, 0.29) is 0 Å². The third kappa shape index (κ3) is 4.60. The van der Waals surface area contributed by atoms with Crippen LogP contribution in [0.15, 0.2) is 48.0 Å². The van der Waals surface area contributed by atoms with Crippen molar-refractivity contribution in [1.82, 2.24) is 14.9 Å². The van der Waals surface area contributed by atoms with Gasteiger partial charge in [0, 0.05) is 35.4 Å². The van der Waals surface area contributed by atoms with Gasteiger partial charge in [-0.1, -0.05) is 19.3 Å². The van der Waals surface area contributed by atoms with Crippen molar-refractivity contribution in [3.63, 3.8) is 0 Å². The van der Waals surface area contributed by atoms with Gasteiger partial charge in [-0.15, -0.1) is 11.3 Å². The van der Waals surface area contributed by atoms with Crippen LogP contribution in [0.25, 0.3) is 10.6 Å². The molecule has 1 fully saturated rings. The van der Waals surface area contributed by atoms with Crippen LogP contribution >= 0.6 is 11.3 Å². The maximum Gasteiger partial charge on any atom is 0.123 e. The molecule has 0 spiro atoms. The van der Waals surface area contributed by atoms with Crippen LogP contribution in [0.4, 0.5) is 0 Å². The maximum absolute atomic E-state index is 5.23. The van der Waals surface area contributed by atoms with Crippen molar-refractivity contribution in [3.05, 3.63) is 59.4 Å². The molecule has 0 bridgehead atoms. The van der Waals surface area contributed by atoms with Crippen molar-refractivity contribution < 1.29 is 4.74 Å². The molecule has 142 valence electrons. The quantitative estimate of drug-likeness (QED) is 0.619. The molecule has 1 aliphatic carbocycles. The number of thiazole rings is 1. The summed E-state index contributed by atoms with van der Waals surface area (Å²) in [7, 11) is 1.69. The average Bonchev–Trinajstić information content (AvgIpc) is 3.37. The monoisotopic (exact) mass is 381 g/mol. The van der Waals surface area contributed by atoms with E-state index in [0.29, 0.717) is 6.04 Å². The molecule has 1 saturated carbocycles. The summed E-state index contributed by atoms with van der Waals surface area (Å²) in [5.74, 6) is 0.873. The smallest absolute Gasteiger partial charge is 0.123 e. The van der Waals surface area contributed by atoms with Crippen molar-refractivity contribution in [2.24, 2.45) is 0 Å². The third-order valence-corrected chi connectivity index (χ3v) is 6.26. The average molecular weight is 382 g/mol. The van der Waals surface area contributed by atoms with E-state index < -0.39 is 0 Å². The molecule has 1 aromatic carbocycles. The first-order valence-electron chi connectivity index (χ1n) is 9.78. The molecule has 0 saturated heterocycles. The van der Waals surface area contributed by atoms with Crippen molar-refractivity contribution in [1.29, 1.82) is 0 Å². The molecule has 1 aliphatic rings. The lowest BCUT2D eigenvalue weighted by atomic mass is 9.95. The first-order chi connectivity index (χ1) is 13.3. The van der Waals surface area contributed by atoms with Gasteiger partial charge in [-0.2, -0.15) is 0 Å². The van der Waals surface area contributed by atoms with Gasteiger partial charge >= 0.3 is 0 Å². The van der Waals surface area contributed by atoms with Gasteiger partial charge < -0.3 is 14.6 Å². The minimum absolute atomic E-state index is 0.683. The van der Waals surface area contributed by atoms with E-state index in [1.165, 1.54) is 37.8 Å². The molecule has 0 unspecified atom stereocenters.